The number of unbranched alkanes of at least 4 members (excludes halogenated alkanes) is 6. The van der Waals surface area contributed by atoms with Crippen molar-refractivity contribution in [1.82, 2.24) is 9.80 Å². The molecule has 0 fully saturated rings. The Labute approximate surface area is 211 Å². The van der Waals surface area contributed by atoms with Crippen LogP contribution in [0.5, 0.6) is 0 Å². The van der Waals surface area contributed by atoms with E-state index in [0.29, 0.717) is 0 Å². The van der Waals surface area contributed by atoms with E-state index in [9.17, 15) is 0 Å². The maximum absolute atomic E-state index is 2.65. The van der Waals surface area contributed by atoms with Crippen molar-refractivity contribution in [2.75, 3.05) is 26.2 Å². The molecule has 2 aromatic carbocycles. The molecule has 2 nitrogen and oxygen atoms in total. The molecule has 0 heterocycles. The highest BCUT2D eigenvalue weighted by Gasteiger charge is 2.08. The van der Waals surface area contributed by atoms with Gasteiger partial charge in [-0.1, -0.05) is 115 Å². The van der Waals surface area contributed by atoms with Crippen molar-refractivity contribution < 1.29 is 0 Å². The molecular weight excluding hydrogens is 412 g/mol. The molecule has 0 aliphatic rings. The smallest absolute Gasteiger partial charge is 0.0233 e. The predicted molar refractivity (Wildman–Crippen MR) is 151 cm³/mol. The molecule has 0 bridgehead atoms. The van der Waals surface area contributed by atoms with Crippen molar-refractivity contribution in [3.8, 4) is 11.1 Å². The van der Waals surface area contributed by atoms with E-state index < -0.39 is 0 Å². The molecular formula is C32H52N2. The van der Waals surface area contributed by atoms with Crippen LogP contribution in [0.15, 0.2) is 48.5 Å². The van der Waals surface area contributed by atoms with Crippen LogP contribution in [-0.2, 0) is 13.1 Å². The first kappa shape index (κ1) is 28.6. The summed E-state index contributed by atoms with van der Waals surface area (Å²) >= 11 is 0. The highest BCUT2D eigenvalue weighted by atomic mass is 15.1. The van der Waals surface area contributed by atoms with E-state index in [4.69, 9.17) is 0 Å². The Morgan fingerprint density at radius 1 is 0.412 bits per heavy atom. The Morgan fingerprint density at radius 3 is 1.06 bits per heavy atom. The minimum Gasteiger partial charge on any atom is -0.299 e. The van der Waals surface area contributed by atoms with E-state index in [0.717, 1.165) is 13.1 Å². The summed E-state index contributed by atoms with van der Waals surface area (Å²) in [5, 5.41) is 0. The summed E-state index contributed by atoms with van der Waals surface area (Å²) in [6, 6.07) is 18.6. The molecule has 0 unspecified atom stereocenters. The molecule has 190 valence electrons. The number of nitrogens with zero attached hydrogens (tertiary/aromatic N) is 2. The quantitative estimate of drug-likeness (QED) is 0.191. The van der Waals surface area contributed by atoms with Crippen LogP contribution in [0.4, 0.5) is 0 Å². The second kappa shape index (κ2) is 17.7. The van der Waals surface area contributed by atoms with Gasteiger partial charge in [0.05, 0.1) is 0 Å². The number of hydrogen-bond donors (Lipinski definition) is 0. The third kappa shape index (κ3) is 11.2. The molecule has 0 aliphatic heterocycles. The zero-order valence-electron chi connectivity index (χ0n) is 22.8. The van der Waals surface area contributed by atoms with Crippen molar-refractivity contribution in [1.29, 1.82) is 0 Å². The first-order chi connectivity index (χ1) is 16.7. The van der Waals surface area contributed by atoms with Crippen LogP contribution < -0.4 is 0 Å². The Morgan fingerprint density at radius 2 is 0.735 bits per heavy atom. The molecule has 0 aliphatic carbocycles. The summed E-state index contributed by atoms with van der Waals surface area (Å²) in [7, 11) is 0. The summed E-state index contributed by atoms with van der Waals surface area (Å²) in [6.45, 7) is 16.2. The van der Waals surface area contributed by atoms with E-state index in [1.807, 2.05) is 0 Å². The molecule has 2 rings (SSSR count). The van der Waals surface area contributed by atoms with Gasteiger partial charge in [-0.3, -0.25) is 9.80 Å². The predicted octanol–water partition coefficient (Wildman–Crippen LogP) is 8.94. The van der Waals surface area contributed by atoms with E-state index in [-0.39, 0.29) is 0 Å². The Bertz CT molecular complexity index is 669. The van der Waals surface area contributed by atoms with E-state index in [1.54, 1.807) is 0 Å². The van der Waals surface area contributed by atoms with Crippen molar-refractivity contribution in [2.45, 2.75) is 105 Å². The first-order valence-corrected chi connectivity index (χ1v) is 14.3. The lowest BCUT2D eigenvalue weighted by Crippen LogP contribution is -2.25. The topological polar surface area (TPSA) is 6.48 Å². The fourth-order valence-corrected chi connectivity index (χ4v) is 4.60. The Kier molecular flexibility index (Phi) is 14.9. The van der Waals surface area contributed by atoms with Crippen molar-refractivity contribution in [2.24, 2.45) is 0 Å². The minimum absolute atomic E-state index is 1.08. The fraction of sp³-hybridized carbons (Fsp3) is 0.625. The van der Waals surface area contributed by atoms with Gasteiger partial charge in [0, 0.05) is 13.1 Å². The van der Waals surface area contributed by atoms with Crippen LogP contribution in [0.2, 0.25) is 0 Å². The minimum atomic E-state index is 1.08. The Hall–Kier alpha value is -1.64. The van der Waals surface area contributed by atoms with Crippen LogP contribution in [0.3, 0.4) is 0 Å². The molecule has 2 aromatic rings. The van der Waals surface area contributed by atoms with Gasteiger partial charge in [-0.25, -0.2) is 0 Å². The van der Waals surface area contributed by atoms with Gasteiger partial charge in [0.25, 0.3) is 0 Å². The first-order valence-electron chi connectivity index (χ1n) is 14.3. The molecule has 0 radical (unpaired) electrons. The number of benzene rings is 2. The third-order valence-corrected chi connectivity index (χ3v) is 6.87. The number of hydrogen-bond acceptors (Lipinski definition) is 2. The highest BCUT2D eigenvalue weighted by molar-refractivity contribution is 5.63. The largest absolute Gasteiger partial charge is 0.299 e. The van der Waals surface area contributed by atoms with Crippen LogP contribution in [-0.4, -0.2) is 36.0 Å². The van der Waals surface area contributed by atoms with E-state index in [2.05, 4.69) is 86.0 Å². The second-order valence-corrected chi connectivity index (χ2v) is 10.1. The van der Waals surface area contributed by atoms with Gasteiger partial charge in [-0.2, -0.15) is 0 Å². The van der Waals surface area contributed by atoms with Gasteiger partial charge in [-0.15, -0.1) is 0 Å². The van der Waals surface area contributed by atoms with Crippen molar-refractivity contribution >= 4 is 0 Å². The summed E-state index contributed by atoms with van der Waals surface area (Å²) < 4.78 is 0. The highest BCUT2D eigenvalue weighted by Crippen LogP contribution is 2.22. The standard InChI is InChI=1S/C32H52N2/c1-5-9-13-25-33(23-11-7-3)27-29-15-19-31(20-16-29)32-21-17-30(18-22-32)28-34(24-12-8-4)26-14-10-6-2/h15-22H,5-14,23-28H2,1-4H3. The maximum Gasteiger partial charge on any atom is 0.0233 e. The molecule has 2 heteroatoms. The van der Waals surface area contributed by atoms with Gasteiger partial charge in [0.15, 0.2) is 0 Å². The normalized spacial score (nSPS) is 11.6. The molecule has 0 N–H and O–H groups in total. The molecule has 0 saturated carbocycles. The van der Waals surface area contributed by atoms with Crippen LogP contribution in [0, 0.1) is 0 Å². The summed E-state index contributed by atoms with van der Waals surface area (Å²) in [5.74, 6) is 0. The van der Waals surface area contributed by atoms with Gasteiger partial charge in [0.2, 0.25) is 0 Å². The summed E-state index contributed by atoms with van der Waals surface area (Å²) in [5.41, 5.74) is 5.53. The zero-order chi connectivity index (χ0) is 24.4. The fourth-order valence-electron chi connectivity index (χ4n) is 4.60. The van der Waals surface area contributed by atoms with Crippen molar-refractivity contribution in [3.05, 3.63) is 59.7 Å². The lowest BCUT2D eigenvalue weighted by Gasteiger charge is -2.22. The van der Waals surface area contributed by atoms with Crippen molar-refractivity contribution in [3.63, 3.8) is 0 Å². The lowest BCUT2D eigenvalue weighted by molar-refractivity contribution is 0.255. The average Bonchev–Trinajstić information content (AvgIpc) is 2.87. The van der Waals surface area contributed by atoms with Crippen LogP contribution in [0.1, 0.15) is 103 Å². The number of rotatable bonds is 19. The third-order valence-electron chi connectivity index (χ3n) is 6.87. The molecule has 0 spiro atoms. The average molecular weight is 465 g/mol. The summed E-state index contributed by atoms with van der Waals surface area (Å²) in [6.07, 6.45) is 13.0. The van der Waals surface area contributed by atoms with Crippen LogP contribution in [0.25, 0.3) is 11.1 Å². The van der Waals surface area contributed by atoms with Gasteiger partial charge < -0.3 is 0 Å². The van der Waals surface area contributed by atoms with E-state index >= 15 is 0 Å². The Balaban J connectivity index is 1.95. The maximum atomic E-state index is 2.65. The molecule has 0 atom stereocenters. The monoisotopic (exact) mass is 464 g/mol. The second-order valence-electron chi connectivity index (χ2n) is 10.1. The zero-order valence-corrected chi connectivity index (χ0v) is 22.8. The van der Waals surface area contributed by atoms with Gasteiger partial charge in [-0.05, 0) is 74.1 Å². The van der Waals surface area contributed by atoms with Crippen LogP contribution >= 0.6 is 0 Å². The molecule has 0 aromatic heterocycles. The SMILES string of the molecule is CCCCCN(CCCC)Cc1ccc(-c2ccc(CN(CCCC)CCCCC)cc2)cc1. The van der Waals surface area contributed by atoms with E-state index in [1.165, 1.54) is 113 Å². The lowest BCUT2D eigenvalue weighted by atomic mass is 10.0. The molecule has 0 saturated heterocycles. The van der Waals surface area contributed by atoms with Gasteiger partial charge in [0.1, 0.15) is 0 Å². The summed E-state index contributed by atoms with van der Waals surface area (Å²) in [4.78, 5) is 5.29. The molecule has 34 heavy (non-hydrogen) atoms. The van der Waals surface area contributed by atoms with Gasteiger partial charge >= 0.3 is 0 Å². The molecule has 0 amide bonds.